The molecule has 52 heavy (non-hydrogen) atoms. The molecule has 4 N–H and O–H groups in total. The normalized spacial score (nSPS) is 12.6. The highest BCUT2D eigenvalue weighted by Gasteiger charge is 2.19. The molecule has 0 saturated carbocycles. The predicted molar refractivity (Wildman–Crippen MR) is 217 cm³/mol. The van der Waals surface area contributed by atoms with Gasteiger partial charge in [0.1, 0.15) is 0 Å². The number of amides is 2. The van der Waals surface area contributed by atoms with E-state index >= 15 is 0 Å². The van der Waals surface area contributed by atoms with Crippen molar-refractivity contribution < 1.29 is 29.4 Å². The summed E-state index contributed by atoms with van der Waals surface area (Å²) < 4.78 is 0. The van der Waals surface area contributed by atoms with Gasteiger partial charge in [-0.1, -0.05) is 161 Å². The lowest BCUT2D eigenvalue weighted by molar-refractivity contribution is -0.139. The summed E-state index contributed by atoms with van der Waals surface area (Å²) in [5.74, 6) is -0.704. The Hall–Kier alpha value is -2.38. The monoisotopic (exact) mass is 735 g/mol. The molecule has 0 aliphatic heterocycles. The summed E-state index contributed by atoms with van der Waals surface area (Å²) in [4.78, 5) is 44.6. The minimum atomic E-state index is -0.929. The van der Waals surface area contributed by atoms with Gasteiger partial charge in [-0.25, -0.2) is 0 Å². The molecule has 0 aromatic carbocycles. The van der Waals surface area contributed by atoms with Crippen LogP contribution in [0.1, 0.15) is 219 Å². The first-order chi connectivity index (χ1) is 25.3. The first-order valence-corrected chi connectivity index (χ1v) is 21.9. The second-order valence-corrected chi connectivity index (χ2v) is 15.3. The summed E-state index contributed by atoms with van der Waals surface area (Å²) in [5.41, 5.74) is 0. The number of carbonyl (C=O) groups is 4. The van der Waals surface area contributed by atoms with Crippen LogP contribution in [0.25, 0.3) is 0 Å². The Labute approximate surface area is 319 Å². The van der Waals surface area contributed by atoms with Crippen molar-refractivity contribution in [2.75, 3.05) is 13.1 Å². The van der Waals surface area contributed by atoms with Gasteiger partial charge in [0.2, 0.25) is 11.8 Å². The summed E-state index contributed by atoms with van der Waals surface area (Å²) in [6, 6.07) is 0. The summed E-state index contributed by atoms with van der Waals surface area (Å²) in [7, 11) is 0. The van der Waals surface area contributed by atoms with Gasteiger partial charge in [0, 0.05) is 25.9 Å². The zero-order valence-electron chi connectivity index (χ0n) is 33.9. The Morgan fingerprint density at radius 1 is 0.462 bits per heavy atom. The van der Waals surface area contributed by atoms with Gasteiger partial charge in [0.25, 0.3) is 0 Å². The lowest BCUT2D eigenvalue weighted by atomic mass is 9.80. The molecule has 304 valence electrons. The number of carbonyl (C=O) groups excluding carboxylic acids is 2. The summed E-state index contributed by atoms with van der Waals surface area (Å²) in [6.07, 6.45) is 40.5. The molecule has 0 bridgehead atoms. The number of carboxylic acid groups (broad SMARTS) is 2. The average molecular weight is 735 g/mol. The molecular formula is C44H82N2O6. The molecule has 0 aliphatic rings. The third-order valence-corrected chi connectivity index (χ3v) is 10.4. The zero-order chi connectivity index (χ0) is 38.3. The molecule has 0 radical (unpaired) electrons. The largest absolute Gasteiger partial charge is 0.481 e. The quantitative estimate of drug-likeness (QED) is 0.0366. The lowest BCUT2D eigenvalue weighted by Crippen LogP contribution is -2.24. The highest BCUT2D eigenvalue weighted by atomic mass is 16.4. The van der Waals surface area contributed by atoms with E-state index in [0.29, 0.717) is 19.0 Å². The van der Waals surface area contributed by atoms with Gasteiger partial charge in [-0.15, -0.1) is 0 Å². The Kier molecular flexibility index (Phi) is 36.6. The minimum absolute atomic E-state index is 0.0624. The number of carboxylic acids is 2. The van der Waals surface area contributed by atoms with Crippen LogP contribution in [-0.4, -0.2) is 47.1 Å². The van der Waals surface area contributed by atoms with Crippen LogP contribution in [0.2, 0.25) is 0 Å². The van der Waals surface area contributed by atoms with Crippen molar-refractivity contribution in [2.45, 2.75) is 219 Å². The van der Waals surface area contributed by atoms with E-state index < -0.39 is 11.9 Å². The van der Waals surface area contributed by atoms with Crippen molar-refractivity contribution in [2.24, 2.45) is 11.8 Å². The third kappa shape index (κ3) is 36.0. The number of unbranched alkanes of at least 4 members (excludes halogenated alkanes) is 21. The van der Waals surface area contributed by atoms with E-state index in [2.05, 4.69) is 36.6 Å². The second-order valence-electron chi connectivity index (χ2n) is 15.3. The Morgan fingerprint density at radius 3 is 1.25 bits per heavy atom. The van der Waals surface area contributed by atoms with Crippen LogP contribution in [0.15, 0.2) is 12.2 Å². The van der Waals surface area contributed by atoms with Gasteiger partial charge in [-0.05, 0) is 56.8 Å². The van der Waals surface area contributed by atoms with Crippen molar-refractivity contribution >= 4 is 23.8 Å². The fourth-order valence-corrected chi connectivity index (χ4v) is 7.09. The van der Waals surface area contributed by atoms with E-state index in [4.69, 9.17) is 10.2 Å². The first-order valence-electron chi connectivity index (χ1n) is 21.9. The van der Waals surface area contributed by atoms with Crippen LogP contribution in [-0.2, 0) is 19.2 Å². The molecule has 8 heteroatoms. The van der Waals surface area contributed by atoms with Crippen LogP contribution >= 0.6 is 0 Å². The molecule has 0 spiro atoms. The van der Waals surface area contributed by atoms with Gasteiger partial charge in [-0.2, -0.15) is 0 Å². The van der Waals surface area contributed by atoms with Crippen molar-refractivity contribution in [3.05, 3.63) is 12.2 Å². The first kappa shape index (κ1) is 49.6. The predicted octanol–water partition coefficient (Wildman–Crippen LogP) is 11.7. The fraction of sp³-hybridized carbons (Fsp3) is 0.864. The molecule has 2 atom stereocenters. The van der Waals surface area contributed by atoms with Crippen LogP contribution in [0.4, 0.5) is 0 Å². The van der Waals surface area contributed by atoms with Crippen LogP contribution in [0.5, 0.6) is 0 Å². The maximum absolute atomic E-state index is 11.7. The van der Waals surface area contributed by atoms with Crippen molar-refractivity contribution in [3.63, 3.8) is 0 Å². The van der Waals surface area contributed by atoms with Crippen LogP contribution in [0.3, 0.4) is 0 Å². The molecule has 2 unspecified atom stereocenters. The topological polar surface area (TPSA) is 133 Å². The molecule has 0 aromatic rings. The number of rotatable bonds is 40. The molecular weight excluding hydrogens is 652 g/mol. The number of allylic oxidation sites excluding steroid dienone is 2. The molecule has 0 rings (SSSR count). The van der Waals surface area contributed by atoms with Crippen molar-refractivity contribution in [1.29, 1.82) is 0 Å². The van der Waals surface area contributed by atoms with E-state index in [-0.39, 0.29) is 37.5 Å². The van der Waals surface area contributed by atoms with Gasteiger partial charge >= 0.3 is 11.9 Å². The number of hydrogen-bond donors (Lipinski definition) is 4. The molecule has 2 amide bonds. The van der Waals surface area contributed by atoms with Crippen molar-refractivity contribution in [3.8, 4) is 0 Å². The molecule has 8 nitrogen and oxygen atoms in total. The van der Waals surface area contributed by atoms with E-state index in [1.54, 1.807) is 0 Å². The smallest absolute Gasteiger partial charge is 0.303 e. The SMILES string of the molecule is CCCCCCCCC(C=CCCCCCCCNC(=O)CCC(=O)O)C(CCCCCCCC)CCCCCCCCCNC(=O)CCC(=O)O. The van der Waals surface area contributed by atoms with Gasteiger partial charge < -0.3 is 20.8 Å². The summed E-state index contributed by atoms with van der Waals surface area (Å²) >= 11 is 0. The minimum Gasteiger partial charge on any atom is -0.481 e. The van der Waals surface area contributed by atoms with Gasteiger partial charge in [0.15, 0.2) is 0 Å². The maximum atomic E-state index is 11.7. The van der Waals surface area contributed by atoms with E-state index in [1.807, 2.05) is 0 Å². The molecule has 0 saturated heterocycles. The molecule has 0 heterocycles. The second kappa shape index (κ2) is 38.3. The number of aliphatic carboxylic acids is 2. The highest BCUT2D eigenvalue weighted by Crippen LogP contribution is 2.31. The number of hydrogen-bond acceptors (Lipinski definition) is 4. The van der Waals surface area contributed by atoms with Crippen LogP contribution in [0, 0.1) is 11.8 Å². The molecule has 0 fully saturated rings. The Morgan fingerprint density at radius 2 is 0.827 bits per heavy atom. The standard InChI is InChI=1S/C44H82N2O6/c1-3-5-7-9-17-23-29-39(31-25-19-13-11-15-21-27-37-45-41(47)33-35-43(49)50)40(30-24-18-10-8-6-4-2)32-26-20-14-12-16-22-28-38-46-42(48)34-36-44(51)52/h25,31,39-40H,3-24,26-30,32-38H2,1-2H3,(H,45,47)(H,46,48)(H,49,50)(H,51,52). The van der Waals surface area contributed by atoms with Gasteiger partial charge in [-0.3, -0.25) is 19.2 Å². The van der Waals surface area contributed by atoms with Crippen LogP contribution < -0.4 is 10.6 Å². The lowest BCUT2D eigenvalue weighted by Gasteiger charge is -2.26. The Bertz CT molecular complexity index is 892. The van der Waals surface area contributed by atoms with E-state index in [9.17, 15) is 19.2 Å². The number of nitrogens with one attached hydrogen (secondary N) is 2. The summed E-state index contributed by atoms with van der Waals surface area (Å²) in [5, 5.41) is 23.1. The molecule has 0 aromatic heterocycles. The van der Waals surface area contributed by atoms with Gasteiger partial charge in [0.05, 0.1) is 12.8 Å². The van der Waals surface area contributed by atoms with E-state index in [1.165, 1.54) is 148 Å². The molecule has 0 aliphatic carbocycles. The third-order valence-electron chi connectivity index (χ3n) is 10.4. The average Bonchev–Trinajstić information content (AvgIpc) is 3.12. The highest BCUT2D eigenvalue weighted by molar-refractivity contribution is 5.81. The maximum Gasteiger partial charge on any atom is 0.303 e. The fourth-order valence-electron chi connectivity index (χ4n) is 7.09. The summed E-state index contributed by atoms with van der Waals surface area (Å²) in [6.45, 7) is 5.86. The zero-order valence-corrected chi connectivity index (χ0v) is 33.9. The Balaban J connectivity index is 4.75. The van der Waals surface area contributed by atoms with E-state index in [0.717, 1.165) is 38.0 Å². The van der Waals surface area contributed by atoms with Crippen molar-refractivity contribution in [1.82, 2.24) is 10.6 Å².